The molecule has 0 amide bonds. The largest absolute Gasteiger partial charge is 0.392 e. The topological polar surface area (TPSA) is 40.5 Å². The number of hydrogen-bond acceptors (Lipinski definition) is 2. The molecule has 0 aromatic heterocycles. The molecular formula is C8H16O2. The second-order valence-electron chi connectivity index (χ2n) is 2.91. The molecule has 0 saturated heterocycles. The van der Waals surface area contributed by atoms with E-state index in [9.17, 15) is 5.11 Å². The van der Waals surface area contributed by atoms with E-state index in [4.69, 9.17) is 5.11 Å². The second kappa shape index (κ2) is 4.47. The molecule has 60 valence electrons. The van der Waals surface area contributed by atoms with Gasteiger partial charge in [0.05, 0.1) is 12.7 Å². The van der Waals surface area contributed by atoms with E-state index >= 15 is 0 Å². The van der Waals surface area contributed by atoms with Crippen molar-refractivity contribution in [3.8, 4) is 0 Å². The molecule has 2 heteroatoms. The van der Waals surface area contributed by atoms with Gasteiger partial charge in [0.1, 0.15) is 0 Å². The highest BCUT2D eigenvalue weighted by atomic mass is 16.3. The van der Waals surface area contributed by atoms with Crippen LogP contribution in [0.5, 0.6) is 0 Å². The molecule has 0 fully saturated rings. The lowest BCUT2D eigenvalue weighted by atomic mass is 10.1. The standard InChI is InChI=1S/C8H16O2/c1-6(2)8(10)4-7(3)5-9/h4,6,8-10H,5H2,1-3H3. The van der Waals surface area contributed by atoms with Gasteiger partial charge in [-0.05, 0) is 18.4 Å². The molecule has 2 nitrogen and oxygen atoms in total. The molecule has 0 bridgehead atoms. The van der Waals surface area contributed by atoms with Gasteiger partial charge >= 0.3 is 0 Å². The molecule has 2 N–H and O–H groups in total. The van der Waals surface area contributed by atoms with Crippen LogP contribution in [0.25, 0.3) is 0 Å². The maximum Gasteiger partial charge on any atom is 0.0747 e. The molecule has 0 aliphatic carbocycles. The predicted octanol–water partition coefficient (Wildman–Crippen LogP) is 0.942. The molecule has 0 heterocycles. The van der Waals surface area contributed by atoms with Crippen molar-refractivity contribution in [2.24, 2.45) is 5.92 Å². The summed E-state index contributed by atoms with van der Waals surface area (Å²) in [5.41, 5.74) is 0.821. The summed E-state index contributed by atoms with van der Waals surface area (Å²) in [5.74, 6) is 0.224. The summed E-state index contributed by atoms with van der Waals surface area (Å²) in [6.45, 7) is 5.70. The van der Waals surface area contributed by atoms with E-state index in [0.29, 0.717) is 0 Å². The first-order chi connectivity index (χ1) is 4.57. The molecule has 0 rings (SSSR count). The Morgan fingerprint density at radius 2 is 2.00 bits per heavy atom. The Kier molecular flexibility index (Phi) is 4.32. The normalized spacial score (nSPS) is 16.0. The summed E-state index contributed by atoms with van der Waals surface area (Å²) in [5, 5.41) is 17.8. The zero-order valence-corrected chi connectivity index (χ0v) is 6.83. The summed E-state index contributed by atoms with van der Waals surface area (Å²) < 4.78 is 0. The first kappa shape index (κ1) is 9.66. The number of aliphatic hydroxyl groups is 2. The van der Waals surface area contributed by atoms with E-state index in [-0.39, 0.29) is 12.5 Å². The average Bonchev–Trinajstić information content (AvgIpc) is 1.87. The summed E-state index contributed by atoms with van der Waals surface area (Å²) in [6.07, 6.45) is 1.26. The van der Waals surface area contributed by atoms with Crippen LogP contribution in [0.15, 0.2) is 11.6 Å². The Morgan fingerprint density at radius 1 is 1.50 bits per heavy atom. The first-order valence-electron chi connectivity index (χ1n) is 3.54. The molecule has 0 aliphatic rings. The quantitative estimate of drug-likeness (QED) is 0.579. The molecule has 0 radical (unpaired) electrons. The van der Waals surface area contributed by atoms with Crippen molar-refractivity contribution < 1.29 is 10.2 Å². The van der Waals surface area contributed by atoms with Gasteiger partial charge in [-0.15, -0.1) is 0 Å². The van der Waals surface area contributed by atoms with Crippen molar-refractivity contribution in [3.05, 3.63) is 11.6 Å². The van der Waals surface area contributed by atoms with Crippen molar-refractivity contribution in [2.45, 2.75) is 26.9 Å². The summed E-state index contributed by atoms with van der Waals surface area (Å²) in [7, 11) is 0. The Bertz CT molecular complexity index is 116. The Labute approximate surface area is 62.2 Å². The molecule has 0 aromatic rings. The number of hydrogen-bond donors (Lipinski definition) is 2. The van der Waals surface area contributed by atoms with Crippen LogP contribution in [-0.2, 0) is 0 Å². The minimum Gasteiger partial charge on any atom is -0.392 e. The highest BCUT2D eigenvalue weighted by molar-refractivity contribution is 5.02. The number of aliphatic hydroxyl groups excluding tert-OH is 2. The van der Waals surface area contributed by atoms with E-state index in [1.54, 1.807) is 13.0 Å². The molecule has 0 aliphatic heterocycles. The fraction of sp³-hybridized carbons (Fsp3) is 0.750. The van der Waals surface area contributed by atoms with Crippen LogP contribution in [-0.4, -0.2) is 22.9 Å². The van der Waals surface area contributed by atoms with Gasteiger partial charge in [0.2, 0.25) is 0 Å². The second-order valence-corrected chi connectivity index (χ2v) is 2.91. The van der Waals surface area contributed by atoms with Crippen molar-refractivity contribution in [1.82, 2.24) is 0 Å². The predicted molar refractivity (Wildman–Crippen MR) is 41.7 cm³/mol. The third-order valence-corrected chi connectivity index (χ3v) is 1.39. The molecule has 0 aromatic carbocycles. The van der Waals surface area contributed by atoms with Crippen LogP contribution in [0.3, 0.4) is 0 Å². The number of rotatable bonds is 3. The van der Waals surface area contributed by atoms with Gasteiger partial charge in [0.25, 0.3) is 0 Å². The van der Waals surface area contributed by atoms with Crippen molar-refractivity contribution in [2.75, 3.05) is 6.61 Å². The first-order valence-corrected chi connectivity index (χ1v) is 3.54. The van der Waals surface area contributed by atoms with Gasteiger partial charge in [0.15, 0.2) is 0 Å². The lowest BCUT2D eigenvalue weighted by Gasteiger charge is -2.09. The zero-order chi connectivity index (χ0) is 8.15. The minimum atomic E-state index is -0.424. The van der Waals surface area contributed by atoms with Gasteiger partial charge in [-0.25, -0.2) is 0 Å². The monoisotopic (exact) mass is 144 g/mol. The van der Waals surface area contributed by atoms with E-state index in [2.05, 4.69) is 0 Å². The van der Waals surface area contributed by atoms with Gasteiger partial charge < -0.3 is 10.2 Å². The van der Waals surface area contributed by atoms with Gasteiger partial charge in [-0.2, -0.15) is 0 Å². The van der Waals surface area contributed by atoms with E-state index in [1.807, 2.05) is 13.8 Å². The average molecular weight is 144 g/mol. The van der Waals surface area contributed by atoms with E-state index in [1.165, 1.54) is 0 Å². The van der Waals surface area contributed by atoms with Gasteiger partial charge in [-0.1, -0.05) is 19.9 Å². The highest BCUT2D eigenvalue weighted by Gasteiger charge is 2.04. The minimum absolute atomic E-state index is 0.0315. The maximum atomic E-state index is 9.24. The lowest BCUT2D eigenvalue weighted by molar-refractivity contribution is 0.170. The van der Waals surface area contributed by atoms with Crippen molar-refractivity contribution in [3.63, 3.8) is 0 Å². The Balaban J connectivity index is 3.86. The Hall–Kier alpha value is -0.340. The zero-order valence-electron chi connectivity index (χ0n) is 6.83. The molecule has 0 saturated carbocycles. The van der Waals surface area contributed by atoms with Gasteiger partial charge in [-0.3, -0.25) is 0 Å². The van der Waals surface area contributed by atoms with Crippen LogP contribution in [0.1, 0.15) is 20.8 Å². The van der Waals surface area contributed by atoms with Crippen molar-refractivity contribution in [1.29, 1.82) is 0 Å². The van der Waals surface area contributed by atoms with Crippen molar-refractivity contribution >= 4 is 0 Å². The highest BCUT2D eigenvalue weighted by Crippen LogP contribution is 2.04. The van der Waals surface area contributed by atoms with Crippen LogP contribution < -0.4 is 0 Å². The SMILES string of the molecule is CC(=CC(O)C(C)C)CO. The lowest BCUT2D eigenvalue weighted by Crippen LogP contribution is -2.11. The fourth-order valence-corrected chi connectivity index (χ4v) is 0.537. The van der Waals surface area contributed by atoms with Crippen LogP contribution >= 0.6 is 0 Å². The van der Waals surface area contributed by atoms with Crippen LogP contribution in [0, 0.1) is 5.92 Å². The van der Waals surface area contributed by atoms with Crippen LogP contribution in [0.4, 0.5) is 0 Å². The molecule has 0 spiro atoms. The van der Waals surface area contributed by atoms with E-state index in [0.717, 1.165) is 5.57 Å². The third kappa shape index (κ3) is 3.64. The maximum absolute atomic E-state index is 9.24. The van der Waals surface area contributed by atoms with E-state index < -0.39 is 6.10 Å². The molecule has 1 atom stereocenters. The summed E-state index contributed by atoms with van der Waals surface area (Å²) in [4.78, 5) is 0. The van der Waals surface area contributed by atoms with Crippen LogP contribution in [0.2, 0.25) is 0 Å². The fourth-order valence-electron chi connectivity index (χ4n) is 0.537. The smallest absolute Gasteiger partial charge is 0.0747 e. The molecule has 1 unspecified atom stereocenters. The third-order valence-electron chi connectivity index (χ3n) is 1.39. The van der Waals surface area contributed by atoms with Gasteiger partial charge in [0, 0.05) is 0 Å². The summed E-state index contributed by atoms with van der Waals surface area (Å²) in [6, 6.07) is 0. The Morgan fingerprint density at radius 3 is 2.30 bits per heavy atom. The molecular weight excluding hydrogens is 128 g/mol. The molecule has 10 heavy (non-hydrogen) atoms. The summed E-state index contributed by atoms with van der Waals surface area (Å²) >= 11 is 0.